The van der Waals surface area contributed by atoms with Crippen LogP contribution < -0.4 is 0 Å². The van der Waals surface area contributed by atoms with E-state index in [4.69, 9.17) is 11.3 Å². The summed E-state index contributed by atoms with van der Waals surface area (Å²) in [4.78, 5) is 5.09. The maximum atomic E-state index is 5.19. The van der Waals surface area contributed by atoms with Crippen molar-refractivity contribution in [1.82, 2.24) is 5.06 Å². The van der Waals surface area contributed by atoms with Crippen LogP contribution in [0.4, 0.5) is 0 Å². The van der Waals surface area contributed by atoms with Crippen molar-refractivity contribution in [1.29, 1.82) is 0 Å². The summed E-state index contributed by atoms with van der Waals surface area (Å²) in [5.74, 6) is 2.54. The molecule has 0 fully saturated rings. The monoisotopic (exact) mass is 175 g/mol. The van der Waals surface area contributed by atoms with Crippen molar-refractivity contribution in [2.45, 2.75) is 6.54 Å². The van der Waals surface area contributed by atoms with Crippen LogP contribution in [0, 0.1) is 12.3 Å². The maximum Gasteiger partial charge on any atom is 0.0852 e. The van der Waals surface area contributed by atoms with Gasteiger partial charge in [-0.1, -0.05) is 36.3 Å². The second-order valence-corrected chi connectivity index (χ2v) is 2.67. The first-order valence-corrected chi connectivity index (χ1v) is 4.13. The Morgan fingerprint density at radius 1 is 1.38 bits per heavy atom. The highest BCUT2D eigenvalue weighted by molar-refractivity contribution is 5.14. The van der Waals surface area contributed by atoms with E-state index in [9.17, 15) is 0 Å². The van der Waals surface area contributed by atoms with Crippen molar-refractivity contribution in [3.63, 3.8) is 0 Å². The topological polar surface area (TPSA) is 12.5 Å². The lowest BCUT2D eigenvalue weighted by Crippen LogP contribution is -2.21. The Morgan fingerprint density at radius 2 is 2.08 bits per heavy atom. The second-order valence-electron chi connectivity index (χ2n) is 2.67. The van der Waals surface area contributed by atoms with Crippen molar-refractivity contribution in [3.8, 4) is 12.3 Å². The highest BCUT2D eigenvalue weighted by Crippen LogP contribution is 2.03. The van der Waals surface area contributed by atoms with Crippen LogP contribution in [-0.2, 0) is 11.4 Å². The molecule has 2 heteroatoms. The minimum atomic E-state index is 0.505. The zero-order valence-electron chi connectivity index (χ0n) is 7.73. The lowest BCUT2D eigenvalue weighted by Gasteiger charge is -2.16. The largest absolute Gasteiger partial charge is 0.301 e. The zero-order valence-corrected chi connectivity index (χ0v) is 7.73. The van der Waals surface area contributed by atoms with E-state index in [0.717, 1.165) is 6.54 Å². The van der Waals surface area contributed by atoms with Crippen LogP contribution in [-0.4, -0.2) is 18.7 Å². The van der Waals surface area contributed by atoms with Gasteiger partial charge >= 0.3 is 0 Å². The molecule has 0 aliphatic rings. The molecule has 0 aliphatic heterocycles. The van der Waals surface area contributed by atoms with E-state index in [0.29, 0.717) is 6.54 Å². The lowest BCUT2D eigenvalue weighted by atomic mass is 10.2. The molecule has 0 unspecified atom stereocenters. The Hall–Kier alpha value is -1.30. The van der Waals surface area contributed by atoms with Crippen molar-refractivity contribution in [2.24, 2.45) is 0 Å². The fraction of sp³-hybridized carbons (Fsp3) is 0.273. The number of hydrogen-bond donors (Lipinski definition) is 0. The fourth-order valence-corrected chi connectivity index (χ4v) is 1.07. The van der Waals surface area contributed by atoms with Crippen LogP contribution in [0.1, 0.15) is 5.56 Å². The molecule has 1 rings (SSSR count). The average Bonchev–Trinajstić information content (AvgIpc) is 2.19. The molecule has 0 N–H and O–H groups in total. The molecule has 0 spiro atoms. The van der Waals surface area contributed by atoms with Crippen LogP contribution in [0.3, 0.4) is 0 Å². The van der Waals surface area contributed by atoms with Gasteiger partial charge in [-0.15, -0.1) is 6.42 Å². The Kier molecular flexibility index (Phi) is 4.04. The van der Waals surface area contributed by atoms with Crippen LogP contribution >= 0.6 is 0 Å². The first-order valence-electron chi connectivity index (χ1n) is 4.13. The first kappa shape index (κ1) is 9.79. The average molecular weight is 175 g/mol. The van der Waals surface area contributed by atoms with Gasteiger partial charge < -0.3 is 4.84 Å². The number of rotatable bonds is 4. The summed E-state index contributed by atoms with van der Waals surface area (Å²) < 4.78 is 0. The molecule has 13 heavy (non-hydrogen) atoms. The smallest absolute Gasteiger partial charge is 0.0852 e. The number of hydrogen-bond acceptors (Lipinski definition) is 2. The number of nitrogens with zero attached hydrogens (tertiary/aromatic N) is 1. The Morgan fingerprint density at radius 3 is 2.62 bits per heavy atom. The van der Waals surface area contributed by atoms with E-state index in [-0.39, 0.29) is 0 Å². The summed E-state index contributed by atoms with van der Waals surface area (Å²) in [6, 6.07) is 10.1. The van der Waals surface area contributed by atoms with Crippen molar-refractivity contribution in [3.05, 3.63) is 35.9 Å². The molecule has 68 valence electrons. The van der Waals surface area contributed by atoms with Crippen LogP contribution in [0.5, 0.6) is 0 Å². The summed E-state index contributed by atoms with van der Waals surface area (Å²) in [7, 11) is 1.63. The van der Waals surface area contributed by atoms with Crippen molar-refractivity contribution in [2.75, 3.05) is 13.7 Å². The highest BCUT2D eigenvalue weighted by atomic mass is 16.7. The van der Waals surface area contributed by atoms with Gasteiger partial charge in [0.25, 0.3) is 0 Å². The number of hydroxylamine groups is 2. The summed E-state index contributed by atoms with van der Waals surface area (Å²) in [5.41, 5.74) is 1.19. The third-order valence-electron chi connectivity index (χ3n) is 1.73. The van der Waals surface area contributed by atoms with E-state index < -0.39 is 0 Å². The van der Waals surface area contributed by atoms with Crippen LogP contribution in [0.2, 0.25) is 0 Å². The van der Waals surface area contributed by atoms with E-state index in [1.165, 1.54) is 5.56 Å². The molecule has 1 aromatic carbocycles. The zero-order chi connectivity index (χ0) is 9.52. The molecule has 0 saturated heterocycles. The van der Waals surface area contributed by atoms with E-state index in [1.54, 1.807) is 12.2 Å². The maximum absolute atomic E-state index is 5.19. The van der Waals surface area contributed by atoms with E-state index >= 15 is 0 Å². The van der Waals surface area contributed by atoms with Crippen LogP contribution in [0.15, 0.2) is 30.3 Å². The number of benzene rings is 1. The molecule has 1 aromatic rings. The summed E-state index contributed by atoms with van der Waals surface area (Å²) in [6.07, 6.45) is 5.19. The summed E-state index contributed by atoms with van der Waals surface area (Å²) in [5, 5.41) is 1.73. The standard InChI is InChI=1S/C11H13NO/c1-3-9-12(13-2)10-11-7-5-4-6-8-11/h1,4-8H,9-10H2,2H3. The van der Waals surface area contributed by atoms with Crippen molar-refractivity contribution < 1.29 is 4.84 Å². The fourth-order valence-electron chi connectivity index (χ4n) is 1.07. The molecule has 0 atom stereocenters. The van der Waals surface area contributed by atoms with Gasteiger partial charge in [0.2, 0.25) is 0 Å². The van der Waals surface area contributed by atoms with Gasteiger partial charge in [-0.05, 0) is 5.56 Å². The molecular weight excluding hydrogens is 162 g/mol. The molecule has 0 aliphatic carbocycles. The third-order valence-corrected chi connectivity index (χ3v) is 1.73. The summed E-state index contributed by atoms with van der Waals surface area (Å²) >= 11 is 0. The van der Waals surface area contributed by atoms with Gasteiger partial charge in [0.15, 0.2) is 0 Å². The van der Waals surface area contributed by atoms with Crippen molar-refractivity contribution >= 4 is 0 Å². The quantitative estimate of drug-likeness (QED) is 0.510. The predicted molar refractivity (Wildman–Crippen MR) is 52.7 cm³/mol. The predicted octanol–water partition coefficient (Wildman–Crippen LogP) is 1.68. The Balaban J connectivity index is 2.53. The van der Waals surface area contributed by atoms with Gasteiger partial charge in [-0.3, -0.25) is 0 Å². The third kappa shape index (κ3) is 3.29. The molecular formula is C11H13NO. The van der Waals surface area contributed by atoms with Gasteiger partial charge in [0.05, 0.1) is 20.2 Å². The second kappa shape index (κ2) is 5.36. The first-order chi connectivity index (χ1) is 6.36. The number of terminal acetylenes is 1. The molecule has 0 bridgehead atoms. The highest BCUT2D eigenvalue weighted by Gasteiger charge is 2.01. The van der Waals surface area contributed by atoms with Gasteiger partial charge in [-0.25, -0.2) is 0 Å². The molecule has 0 aromatic heterocycles. The van der Waals surface area contributed by atoms with Gasteiger partial charge in [0, 0.05) is 0 Å². The lowest BCUT2D eigenvalue weighted by molar-refractivity contribution is -0.128. The minimum absolute atomic E-state index is 0.505. The molecule has 2 nitrogen and oxygen atoms in total. The van der Waals surface area contributed by atoms with Crippen LogP contribution in [0.25, 0.3) is 0 Å². The summed E-state index contributed by atoms with van der Waals surface area (Å²) in [6.45, 7) is 1.23. The molecule has 0 radical (unpaired) electrons. The molecule has 0 amide bonds. The molecule has 0 heterocycles. The normalized spacial score (nSPS) is 9.92. The minimum Gasteiger partial charge on any atom is -0.301 e. The molecule has 0 saturated carbocycles. The van der Waals surface area contributed by atoms with E-state index in [2.05, 4.69) is 5.92 Å². The SMILES string of the molecule is C#CCN(Cc1ccccc1)OC. The Bertz CT molecular complexity index is 276. The van der Waals surface area contributed by atoms with Gasteiger partial charge in [0.1, 0.15) is 0 Å². The van der Waals surface area contributed by atoms with Gasteiger partial charge in [-0.2, -0.15) is 5.06 Å². The van der Waals surface area contributed by atoms with E-state index in [1.807, 2.05) is 30.3 Å². The Labute approximate surface area is 79.1 Å².